The minimum Gasteiger partial charge on any atom is -0.367 e. The van der Waals surface area contributed by atoms with Crippen LogP contribution in [0.2, 0.25) is 0 Å². The average molecular weight is 246 g/mol. The van der Waals surface area contributed by atoms with Crippen molar-refractivity contribution < 1.29 is 0 Å². The lowest BCUT2D eigenvalue weighted by atomic mass is 10.1. The molecule has 6 nitrogen and oxygen atoms in total. The fraction of sp³-hybridized carbons (Fsp3) is 0.500. The second-order valence-electron chi connectivity index (χ2n) is 4.81. The highest BCUT2D eigenvalue weighted by atomic mass is 15.3. The maximum atomic E-state index is 5.42. The highest BCUT2D eigenvalue weighted by Crippen LogP contribution is 2.25. The lowest BCUT2D eigenvalue weighted by Gasteiger charge is -2.12. The molecule has 0 bridgehead atoms. The quantitative estimate of drug-likeness (QED) is 0.564. The summed E-state index contributed by atoms with van der Waals surface area (Å²) in [5.74, 6) is 7.61. The van der Waals surface area contributed by atoms with Gasteiger partial charge in [0.2, 0.25) is 0 Å². The second kappa shape index (κ2) is 4.81. The fourth-order valence-corrected chi connectivity index (χ4v) is 2.58. The summed E-state index contributed by atoms with van der Waals surface area (Å²) in [6.07, 6.45) is 10.8. The summed E-state index contributed by atoms with van der Waals surface area (Å²) in [5.41, 5.74) is 3.42. The van der Waals surface area contributed by atoms with Crippen LogP contribution in [0.15, 0.2) is 18.6 Å². The molecule has 0 unspecified atom stereocenters. The van der Waals surface area contributed by atoms with Crippen molar-refractivity contribution in [3.8, 4) is 0 Å². The Bertz CT molecular complexity index is 528. The summed E-state index contributed by atoms with van der Waals surface area (Å²) in [5, 5.41) is 3.40. The van der Waals surface area contributed by atoms with Crippen LogP contribution < -0.4 is 16.6 Å². The maximum Gasteiger partial charge on any atom is 0.180 e. The van der Waals surface area contributed by atoms with E-state index in [4.69, 9.17) is 5.84 Å². The van der Waals surface area contributed by atoms with Crippen molar-refractivity contribution >= 4 is 17.3 Å². The van der Waals surface area contributed by atoms with Crippen LogP contribution in [0.1, 0.15) is 25.7 Å². The predicted molar refractivity (Wildman–Crippen MR) is 71.2 cm³/mol. The zero-order chi connectivity index (χ0) is 12.4. The van der Waals surface area contributed by atoms with E-state index in [9.17, 15) is 0 Å². The Balaban J connectivity index is 1.82. The van der Waals surface area contributed by atoms with Gasteiger partial charge in [-0.05, 0) is 18.8 Å². The van der Waals surface area contributed by atoms with E-state index in [1.807, 2.05) is 16.8 Å². The molecule has 1 aliphatic rings. The Kier molecular flexibility index (Phi) is 3.02. The van der Waals surface area contributed by atoms with Gasteiger partial charge in [0.1, 0.15) is 0 Å². The molecule has 0 aliphatic heterocycles. The number of aromatic nitrogens is 3. The fourth-order valence-electron chi connectivity index (χ4n) is 2.58. The van der Waals surface area contributed by atoms with Crippen molar-refractivity contribution in [1.82, 2.24) is 14.4 Å². The van der Waals surface area contributed by atoms with Gasteiger partial charge in [0.05, 0.1) is 6.20 Å². The predicted octanol–water partition coefficient (Wildman–Crippen LogP) is 1.62. The Morgan fingerprint density at radius 1 is 1.39 bits per heavy atom. The summed E-state index contributed by atoms with van der Waals surface area (Å²) in [6, 6.07) is 0. The molecule has 18 heavy (non-hydrogen) atoms. The Hall–Kier alpha value is -1.82. The van der Waals surface area contributed by atoms with Crippen LogP contribution in [0, 0.1) is 5.92 Å². The number of nitrogens with two attached hydrogens (primary N) is 1. The summed E-state index contributed by atoms with van der Waals surface area (Å²) in [6.45, 7) is 0.962. The first-order valence-electron chi connectivity index (χ1n) is 6.41. The van der Waals surface area contributed by atoms with E-state index in [1.54, 1.807) is 6.20 Å². The van der Waals surface area contributed by atoms with Crippen LogP contribution in [-0.2, 0) is 0 Å². The minimum atomic E-state index is 0.634. The number of nitrogens with zero attached hydrogens (tertiary/aromatic N) is 3. The van der Waals surface area contributed by atoms with Crippen molar-refractivity contribution in [2.45, 2.75) is 25.7 Å². The van der Waals surface area contributed by atoms with E-state index in [0.29, 0.717) is 5.82 Å². The molecule has 0 aromatic carbocycles. The molecule has 2 aromatic rings. The van der Waals surface area contributed by atoms with Gasteiger partial charge in [0.25, 0.3) is 0 Å². The van der Waals surface area contributed by atoms with Crippen LogP contribution >= 0.6 is 0 Å². The van der Waals surface area contributed by atoms with Crippen LogP contribution in [-0.4, -0.2) is 20.9 Å². The largest absolute Gasteiger partial charge is 0.367 e. The van der Waals surface area contributed by atoms with Gasteiger partial charge in [0.15, 0.2) is 17.3 Å². The highest BCUT2D eigenvalue weighted by molar-refractivity contribution is 5.65. The van der Waals surface area contributed by atoms with E-state index < -0.39 is 0 Å². The van der Waals surface area contributed by atoms with Crippen LogP contribution in [0.25, 0.3) is 5.65 Å². The topological polar surface area (TPSA) is 80.3 Å². The lowest BCUT2D eigenvalue weighted by molar-refractivity contribution is 0.579. The number of nitrogen functional groups attached to an aromatic ring is 1. The Morgan fingerprint density at radius 2 is 2.22 bits per heavy atom. The molecule has 1 aliphatic carbocycles. The lowest BCUT2D eigenvalue weighted by Crippen LogP contribution is -2.15. The monoisotopic (exact) mass is 246 g/mol. The van der Waals surface area contributed by atoms with Gasteiger partial charge in [0, 0.05) is 18.9 Å². The summed E-state index contributed by atoms with van der Waals surface area (Å²) >= 11 is 0. The first kappa shape index (κ1) is 11.3. The standard InChI is InChI=1S/C12H18N6/c13-17-10-8-18-6-5-14-12(18)11(16-10)15-7-9-3-1-2-4-9/h5-6,8-9,17H,1-4,7,13H2,(H,15,16). The third-order valence-corrected chi connectivity index (χ3v) is 3.55. The van der Waals surface area contributed by atoms with Gasteiger partial charge >= 0.3 is 0 Å². The van der Waals surface area contributed by atoms with Crippen LogP contribution in [0.3, 0.4) is 0 Å². The minimum absolute atomic E-state index is 0.634. The third-order valence-electron chi connectivity index (χ3n) is 3.55. The van der Waals surface area contributed by atoms with Crippen molar-refractivity contribution in [3.05, 3.63) is 18.6 Å². The summed E-state index contributed by atoms with van der Waals surface area (Å²) < 4.78 is 1.92. The first-order valence-corrected chi connectivity index (χ1v) is 6.41. The van der Waals surface area contributed by atoms with E-state index >= 15 is 0 Å². The molecule has 6 heteroatoms. The van der Waals surface area contributed by atoms with Gasteiger partial charge in [-0.3, -0.25) is 0 Å². The number of hydrogen-bond donors (Lipinski definition) is 3. The van der Waals surface area contributed by atoms with Crippen molar-refractivity contribution in [2.75, 3.05) is 17.3 Å². The number of imidazole rings is 1. The molecule has 3 rings (SSSR count). The molecule has 0 radical (unpaired) electrons. The molecular formula is C12H18N6. The number of hydrazine groups is 1. The van der Waals surface area contributed by atoms with Crippen molar-refractivity contribution in [2.24, 2.45) is 11.8 Å². The molecule has 0 atom stereocenters. The Labute approximate surface area is 106 Å². The highest BCUT2D eigenvalue weighted by Gasteiger charge is 2.15. The van der Waals surface area contributed by atoms with Gasteiger partial charge in [-0.15, -0.1) is 0 Å². The van der Waals surface area contributed by atoms with Crippen LogP contribution in [0.4, 0.5) is 11.6 Å². The average Bonchev–Trinajstić information content (AvgIpc) is 3.06. The van der Waals surface area contributed by atoms with E-state index in [2.05, 4.69) is 20.7 Å². The van der Waals surface area contributed by atoms with E-state index in [1.165, 1.54) is 25.7 Å². The molecule has 4 N–H and O–H groups in total. The number of anilines is 2. The van der Waals surface area contributed by atoms with Gasteiger partial charge in [-0.2, -0.15) is 0 Å². The molecule has 1 saturated carbocycles. The third kappa shape index (κ3) is 2.11. The molecule has 0 saturated heterocycles. The molecule has 1 fully saturated rings. The molecule has 2 aromatic heterocycles. The maximum absolute atomic E-state index is 5.42. The molecule has 2 heterocycles. The SMILES string of the molecule is NNc1cn2ccnc2c(NCC2CCCC2)n1. The normalized spacial score (nSPS) is 16.3. The molecule has 0 spiro atoms. The molecule has 0 amide bonds. The van der Waals surface area contributed by atoms with Gasteiger partial charge in [-0.25, -0.2) is 15.8 Å². The second-order valence-corrected chi connectivity index (χ2v) is 4.81. The number of nitrogens with one attached hydrogen (secondary N) is 2. The summed E-state index contributed by atoms with van der Waals surface area (Å²) in [7, 11) is 0. The number of hydrogen-bond acceptors (Lipinski definition) is 5. The molecular weight excluding hydrogens is 228 g/mol. The molecule has 96 valence electrons. The smallest absolute Gasteiger partial charge is 0.180 e. The van der Waals surface area contributed by atoms with E-state index in [-0.39, 0.29) is 0 Å². The zero-order valence-electron chi connectivity index (χ0n) is 10.3. The Morgan fingerprint density at radius 3 is 3.00 bits per heavy atom. The van der Waals surface area contributed by atoms with Crippen LogP contribution in [0.5, 0.6) is 0 Å². The van der Waals surface area contributed by atoms with Crippen molar-refractivity contribution in [1.29, 1.82) is 0 Å². The number of fused-ring (bicyclic) bond motifs is 1. The first-order chi connectivity index (χ1) is 8.86. The van der Waals surface area contributed by atoms with E-state index in [0.717, 1.165) is 23.9 Å². The summed E-state index contributed by atoms with van der Waals surface area (Å²) in [4.78, 5) is 8.73. The number of rotatable bonds is 4. The van der Waals surface area contributed by atoms with Gasteiger partial charge in [-0.1, -0.05) is 12.8 Å². The zero-order valence-corrected chi connectivity index (χ0v) is 10.3. The van der Waals surface area contributed by atoms with Gasteiger partial charge < -0.3 is 15.1 Å². The van der Waals surface area contributed by atoms with Crippen molar-refractivity contribution in [3.63, 3.8) is 0 Å².